The molecule has 3 aromatic carbocycles. The van der Waals surface area contributed by atoms with Crippen molar-refractivity contribution in [3.63, 3.8) is 0 Å². The van der Waals surface area contributed by atoms with E-state index < -0.39 is 17.7 Å². The molecule has 2 heterocycles. The number of hydrogen-bond donors (Lipinski definition) is 1. The first-order chi connectivity index (χ1) is 17.5. The normalized spacial score (nSPS) is 16.9. The molecular formula is C30H25NO4S. The second-order valence-corrected chi connectivity index (χ2v) is 9.70. The van der Waals surface area contributed by atoms with E-state index in [0.29, 0.717) is 24.5 Å². The van der Waals surface area contributed by atoms with E-state index in [1.807, 2.05) is 85.1 Å². The second kappa shape index (κ2) is 10.2. The van der Waals surface area contributed by atoms with Gasteiger partial charge in [0.1, 0.15) is 18.1 Å². The van der Waals surface area contributed by atoms with Gasteiger partial charge >= 0.3 is 0 Å². The van der Waals surface area contributed by atoms with E-state index in [2.05, 4.69) is 0 Å². The van der Waals surface area contributed by atoms with Crippen molar-refractivity contribution in [1.82, 2.24) is 4.90 Å². The third-order valence-corrected chi connectivity index (χ3v) is 7.11. The summed E-state index contributed by atoms with van der Waals surface area (Å²) in [6.07, 6.45) is 0. The lowest BCUT2D eigenvalue weighted by Crippen LogP contribution is -2.28. The molecule has 1 unspecified atom stereocenters. The summed E-state index contributed by atoms with van der Waals surface area (Å²) < 4.78 is 5.96. The molecule has 36 heavy (non-hydrogen) atoms. The molecule has 4 aromatic rings. The molecule has 1 atom stereocenters. The summed E-state index contributed by atoms with van der Waals surface area (Å²) in [5.74, 6) is -0.792. The van der Waals surface area contributed by atoms with Crippen molar-refractivity contribution < 1.29 is 19.4 Å². The number of ketones is 1. The van der Waals surface area contributed by atoms with Crippen LogP contribution in [0.2, 0.25) is 0 Å². The maximum absolute atomic E-state index is 13.2. The van der Waals surface area contributed by atoms with Crippen LogP contribution >= 0.6 is 11.3 Å². The van der Waals surface area contributed by atoms with Gasteiger partial charge in [0.05, 0.1) is 18.2 Å². The Balaban J connectivity index is 1.50. The maximum atomic E-state index is 13.2. The van der Waals surface area contributed by atoms with E-state index in [4.69, 9.17) is 4.74 Å². The van der Waals surface area contributed by atoms with Gasteiger partial charge in [-0.3, -0.25) is 9.59 Å². The number of benzene rings is 3. The van der Waals surface area contributed by atoms with E-state index in [9.17, 15) is 14.7 Å². The number of aliphatic hydroxyl groups is 1. The second-order valence-electron chi connectivity index (χ2n) is 8.67. The number of carbonyl (C=O) groups is 2. The molecule has 1 amide bonds. The van der Waals surface area contributed by atoms with Crippen LogP contribution in [0, 0.1) is 6.92 Å². The average molecular weight is 496 g/mol. The van der Waals surface area contributed by atoms with Crippen LogP contribution in [-0.4, -0.2) is 21.7 Å². The van der Waals surface area contributed by atoms with E-state index in [1.165, 1.54) is 11.3 Å². The number of aryl methyl sites for hydroxylation is 1. The van der Waals surface area contributed by atoms with Gasteiger partial charge in [-0.1, -0.05) is 66.7 Å². The summed E-state index contributed by atoms with van der Waals surface area (Å²) in [6.45, 7) is 2.61. The molecule has 1 aromatic heterocycles. The number of hydrogen-bond acceptors (Lipinski definition) is 5. The largest absolute Gasteiger partial charge is 0.507 e. The molecule has 0 bridgehead atoms. The quantitative estimate of drug-likeness (QED) is 0.187. The van der Waals surface area contributed by atoms with E-state index in [1.54, 1.807) is 23.1 Å². The van der Waals surface area contributed by atoms with Crippen LogP contribution in [0.4, 0.5) is 0 Å². The van der Waals surface area contributed by atoms with E-state index in [-0.39, 0.29) is 11.3 Å². The Morgan fingerprint density at radius 3 is 2.33 bits per heavy atom. The van der Waals surface area contributed by atoms with Crippen molar-refractivity contribution in [2.75, 3.05) is 0 Å². The zero-order valence-corrected chi connectivity index (χ0v) is 20.6. The smallest absolute Gasteiger partial charge is 0.295 e. The van der Waals surface area contributed by atoms with Gasteiger partial charge in [-0.25, -0.2) is 0 Å². The van der Waals surface area contributed by atoms with Crippen LogP contribution in [0.5, 0.6) is 5.75 Å². The van der Waals surface area contributed by atoms with Crippen LogP contribution in [-0.2, 0) is 22.7 Å². The number of amides is 1. The standard InChI is InChI=1S/C30H25NO4S/c1-20-17-23(14-15-25(20)35-19-21-9-4-2-5-10-21)28(32)26-27(22-11-6-3-7-12-22)31(30(34)29(26)33)18-24-13-8-16-36-24/h2-17,27,32H,18-19H2,1H3/b28-26-. The molecule has 0 spiro atoms. The van der Waals surface area contributed by atoms with Crippen LogP contribution < -0.4 is 4.74 Å². The molecule has 0 radical (unpaired) electrons. The predicted molar refractivity (Wildman–Crippen MR) is 141 cm³/mol. The molecule has 1 fully saturated rings. The molecule has 0 aliphatic carbocycles. The number of Topliss-reactive ketones (excluding diaryl/α,β-unsaturated/α-hetero) is 1. The zero-order valence-electron chi connectivity index (χ0n) is 19.8. The van der Waals surface area contributed by atoms with Gasteiger partial charge in [-0.05, 0) is 53.3 Å². The van der Waals surface area contributed by atoms with Crippen molar-refractivity contribution in [3.05, 3.63) is 129 Å². The van der Waals surface area contributed by atoms with Crippen molar-refractivity contribution in [2.24, 2.45) is 0 Å². The molecule has 6 heteroatoms. The fraction of sp³-hybridized carbons (Fsp3) is 0.133. The fourth-order valence-electron chi connectivity index (χ4n) is 4.44. The highest BCUT2D eigenvalue weighted by molar-refractivity contribution is 7.09. The maximum Gasteiger partial charge on any atom is 0.295 e. The number of carbonyl (C=O) groups excluding carboxylic acids is 2. The topological polar surface area (TPSA) is 66.8 Å². The first kappa shape index (κ1) is 23.6. The summed E-state index contributed by atoms with van der Waals surface area (Å²) in [7, 11) is 0. The van der Waals surface area contributed by atoms with Crippen molar-refractivity contribution in [2.45, 2.75) is 26.1 Å². The Hall–Kier alpha value is -4.16. The third kappa shape index (κ3) is 4.68. The molecule has 5 nitrogen and oxygen atoms in total. The summed E-state index contributed by atoms with van der Waals surface area (Å²) >= 11 is 1.53. The number of likely N-dealkylation sites (tertiary alicyclic amines) is 1. The van der Waals surface area contributed by atoms with Gasteiger partial charge in [0, 0.05) is 10.4 Å². The SMILES string of the molecule is Cc1cc(/C(O)=C2/C(=O)C(=O)N(Cc3cccs3)C2c2ccccc2)ccc1OCc1ccccc1. The highest BCUT2D eigenvalue weighted by atomic mass is 32.1. The van der Waals surface area contributed by atoms with Gasteiger partial charge in [0.25, 0.3) is 11.7 Å². The van der Waals surface area contributed by atoms with E-state index >= 15 is 0 Å². The van der Waals surface area contributed by atoms with Crippen LogP contribution in [0.1, 0.15) is 33.2 Å². The highest BCUT2D eigenvalue weighted by Gasteiger charge is 2.46. The first-order valence-electron chi connectivity index (χ1n) is 11.7. The molecule has 1 aliphatic heterocycles. The Morgan fingerprint density at radius 2 is 1.67 bits per heavy atom. The summed E-state index contributed by atoms with van der Waals surface area (Å²) in [5.41, 5.74) is 3.21. The van der Waals surface area contributed by atoms with Crippen molar-refractivity contribution in [3.8, 4) is 5.75 Å². The Kier molecular flexibility index (Phi) is 6.69. The van der Waals surface area contributed by atoms with E-state index in [0.717, 1.165) is 21.6 Å². The Bertz CT molecular complexity index is 1410. The van der Waals surface area contributed by atoms with Gasteiger partial charge in [0.15, 0.2) is 0 Å². The first-order valence-corrected chi connectivity index (χ1v) is 12.5. The Labute approximate surface area is 213 Å². The number of aliphatic hydroxyl groups excluding tert-OH is 1. The van der Waals surface area contributed by atoms with Gasteiger partial charge in [-0.15, -0.1) is 11.3 Å². The lowest BCUT2D eigenvalue weighted by atomic mass is 9.95. The molecule has 180 valence electrons. The van der Waals surface area contributed by atoms with Crippen LogP contribution in [0.3, 0.4) is 0 Å². The minimum Gasteiger partial charge on any atom is -0.507 e. The highest BCUT2D eigenvalue weighted by Crippen LogP contribution is 2.41. The summed E-state index contributed by atoms with van der Waals surface area (Å²) in [5, 5.41) is 13.3. The lowest BCUT2D eigenvalue weighted by Gasteiger charge is -2.25. The van der Waals surface area contributed by atoms with Gasteiger partial charge in [0.2, 0.25) is 0 Å². The zero-order chi connectivity index (χ0) is 25.1. The third-order valence-electron chi connectivity index (χ3n) is 6.25. The van der Waals surface area contributed by atoms with Gasteiger partial charge < -0.3 is 14.7 Å². The summed E-state index contributed by atoms with van der Waals surface area (Å²) in [6, 6.07) is 27.7. The number of ether oxygens (including phenoxy) is 1. The average Bonchev–Trinajstić information content (AvgIpc) is 3.51. The minimum atomic E-state index is -0.681. The molecule has 1 N–H and O–H groups in total. The molecule has 1 saturated heterocycles. The molecular weight excluding hydrogens is 470 g/mol. The number of rotatable bonds is 7. The van der Waals surface area contributed by atoms with Crippen LogP contribution in [0.25, 0.3) is 5.76 Å². The van der Waals surface area contributed by atoms with Crippen molar-refractivity contribution in [1.29, 1.82) is 0 Å². The predicted octanol–water partition coefficient (Wildman–Crippen LogP) is 6.26. The number of nitrogens with zero attached hydrogens (tertiary/aromatic N) is 1. The number of thiophene rings is 1. The van der Waals surface area contributed by atoms with Gasteiger partial charge in [-0.2, -0.15) is 0 Å². The Morgan fingerprint density at radius 1 is 0.944 bits per heavy atom. The van der Waals surface area contributed by atoms with Crippen LogP contribution in [0.15, 0.2) is 102 Å². The molecule has 0 saturated carbocycles. The lowest BCUT2D eigenvalue weighted by molar-refractivity contribution is -0.140. The minimum absolute atomic E-state index is 0.0973. The fourth-order valence-corrected chi connectivity index (χ4v) is 5.15. The van der Waals surface area contributed by atoms with Crippen molar-refractivity contribution >= 4 is 28.8 Å². The summed E-state index contributed by atoms with van der Waals surface area (Å²) in [4.78, 5) is 28.8. The molecule has 5 rings (SSSR count). The molecule has 1 aliphatic rings. The monoisotopic (exact) mass is 495 g/mol.